The average molecular weight is 351 g/mol. The van der Waals surface area contributed by atoms with Crippen LogP contribution in [0.5, 0.6) is 0 Å². The van der Waals surface area contributed by atoms with Gasteiger partial charge in [0.15, 0.2) is 0 Å². The fourth-order valence-electron chi connectivity index (χ4n) is 3.70. The SMILES string of the molecule is NC1CCCCCC1C(=O)NC1CCc2c(Br)cccc21. The average Bonchev–Trinajstić information content (AvgIpc) is 2.74. The molecule has 0 spiro atoms. The highest BCUT2D eigenvalue weighted by atomic mass is 79.9. The van der Waals surface area contributed by atoms with Gasteiger partial charge in [-0.3, -0.25) is 4.79 Å². The highest BCUT2D eigenvalue weighted by molar-refractivity contribution is 9.10. The normalized spacial score (nSPS) is 28.8. The number of hydrogen-bond donors (Lipinski definition) is 2. The zero-order valence-corrected chi connectivity index (χ0v) is 13.9. The van der Waals surface area contributed by atoms with E-state index in [2.05, 4.69) is 33.4 Å². The maximum absolute atomic E-state index is 12.6. The minimum Gasteiger partial charge on any atom is -0.349 e. The van der Waals surface area contributed by atoms with Crippen molar-refractivity contribution in [3.8, 4) is 0 Å². The minimum absolute atomic E-state index is 0.0105. The lowest BCUT2D eigenvalue weighted by atomic mass is 9.94. The number of fused-ring (bicyclic) bond motifs is 1. The van der Waals surface area contributed by atoms with Gasteiger partial charge in [0.05, 0.1) is 12.0 Å². The van der Waals surface area contributed by atoms with Gasteiger partial charge in [0.2, 0.25) is 5.91 Å². The summed E-state index contributed by atoms with van der Waals surface area (Å²) in [6.07, 6.45) is 7.42. The number of nitrogens with one attached hydrogen (secondary N) is 1. The molecule has 2 aliphatic rings. The van der Waals surface area contributed by atoms with Crippen LogP contribution < -0.4 is 11.1 Å². The van der Waals surface area contributed by atoms with Crippen LogP contribution in [0.4, 0.5) is 0 Å². The van der Waals surface area contributed by atoms with Crippen molar-refractivity contribution in [2.45, 2.75) is 57.0 Å². The van der Waals surface area contributed by atoms with E-state index in [9.17, 15) is 4.79 Å². The lowest BCUT2D eigenvalue weighted by Crippen LogP contribution is -2.42. The third-order valence-electron chi connectivity index (χ3n) is 4.94. The lowest BCUT2D eigenvalue weighted by Gasteiger charge is -2.23. The molecule has 3 rings (SSSR count). The highest BCUT2D eigenvalue weighted by Gasteiger charge is 2.31. The molecule has 4 heteroatoms. The Morgan fingerprint density at radius 1 is 1.19 bits per heavy atom. The highest BCUT2D eigenvalue weighted by Crippen LogP contribution is 2.36. The first-order chi connectivity index (χ1) is 10.2. The molecule has 21 heavy (non-hydrogen) atoms. The van der Waals surface area contributed by atoms with Crippen molar-refractivity contribution in [2.75, 3.05) is 0 Å². The second kappa shape index (κ2) is 6.49. The molecule has 3 nitrogen and oxygen atoms in total. The Bertz CT molecular complexity index is 532. The van der Waals surface area contributed by atoms with Crippen molar-refractivity contribution in [3.05, 3.63) is 33.8 Å². The summed E-state index contributed by atoms with van der Waals surface area (Å²) in [4.78, 5) is 12.6. The van der Waals surface area contributed by atoms with Gasteiger partial charge in [-0.2, -0.15) is 0 Å². The van der Waals surface area contributed by atoms with E-state index in [1.165, 1.54) is 17.5 Å². The summed E-state index contributed by atoms with van der Waals surface area (Å²) in [5.41, 5.74) is 8.81. The maximum Gasteiger partial charge on any atom is 0.225 e. The van der Waals surface area contributed by atoms with Crippen LogP contribution in [-0.2, 0) is 11.2 Å². The summed E-state index contributed by atoms with van der Waals surface area (Å²) in [6, 6.07) is 6.43. The molecule has 1 amide bonds. The Kier molecular flexibility index (Phi) is 4.65. The van der Waals surface area contributed by atoms with E-state index >= 15 is 0 Å². The Labute approximate surface area is 134 Å². The smallest absolute Gasteiger partial charge is 0.225 e. The molecule has 1 aromatic rings. The van der Waals surface area contributed by atoms with Gasteiger partial charge < -0.3 is 11.1 Å². The van der Waals surface area contributed by atoms with E-state index in [0.29, 0.717) is 0 Å². The van der Waals surface area contributed by atoms with Crippen LogP contribution in [0.2, 0.25) is 0 Å². The van der Waals surface area contributed by atoms with Gasteiger partial charge in [0.1, 0.15) is 0 Å². The molecule has 0 bridgehead atoms. The van der Waals surface area contributed by atoms with Gasteiger partial charge in [-0.25, -0.2) is 0 Å². The number of benzene rings is 1. The Hall–Kier alpha value is -0.870. The summed E-state index contributed by atoms with van der Waals surface area (Å²) in [5.74, 6) is 0.144. The lowest BCUT2D eigenvalue weighted by molar-refractivity contribution is -0.126. The number of amides is 1. The number of carbonyl (C=O) groups excluding carboxylic acids is 1. The summed E-state index contributed by atoms with van der Waals surface area (Å²) in [6.45, 7) is 0. The van der Waals surface area contributed by atoms with Crippen LogP contribution in [0.1, 0.15) is 55.7 Å². The number of halogens is 1. The maximum atomic E-state index is 12.6. The van der Waals surface area contributed by atoms with E-state index in [1.54, 1.807) is 0 Å². The Morgan fingerprint density at radius 2 is 2.00 bits per heavy atom. The molecule has 3 atom stereocenters. The Balaban J connectivity index is 1.70. The first kappa shape index (κ1) is 15.0. The second-order valence-electron chi connectivity index (χ2n) is 6.32. The van der Waals surface area contributed by atoms with Crippen LogP contribution in [0.25, 0.3) is 0 Å². The van der Waals surface area contributed by atoms with Crippen LogP contribution in [0.3, 0.4) is 0 Å². The molecule has 3 N–H and O–H groups in total. The van der Waals surface area contributed by atoms with Crippen molar-refractivity contribution in [1.29, 1.82) is 0 Å². The van der Waals surface area contributed by atoms with Gasteiger partial charge in [0.25, 0.3) is 0 Å². The van der Waals surface area contributed by atoms with Crippen LogP contribution in [0.15, 0.2) is 22.7 Å². The van der Waals surface area contributed by atoms with Crippen LogP contribution >= 0.6 is 15.9 Å². The van der Waals surface area contributed by atoms with Crippen molar-refractivity contribution in [2.24, 2.45) is 11.7 Å². The predicted molar refractivity (Wildman–Crippen MR) is 87.9 cm³/mol. The fourth-order valence-corrected chi connectivity index (χ4v) is 4.28. The second-order valence-corrected chi connectivity index (χ2v) is 7.17. The molecule has 3 unspecified atom stereocenters. The van der Waals surface area contributed by atoms with E-state index in [1.807, 2.05) is 6.07 Å². The van der Waals surface area contributed by atoms with Gasteiger partial charge >= 0.3 is 0 Å². The number of nitrogens with two attached hydrogens (primary N) is 1. The van der Waals surface area contributed by atoms with Crippen molar-refractivity contribution in [1.82, 2.24) is 5.32 Å². The summed E-state index contributed by atoms with van der Waals surface area (Å²) < 4.78 is 1.16. The zero-order chi connectivity index (χ0) is 14.8. The molecule has 2 aliphatic carbocycles. The number of carbonyl (C=O) groups is 1. The zero-order valence-electron chi connectivity index (χ0n) is 12.3. The first-order valence-corrected chi connectivity index (χ1v) is 8.79. The van der Waals surface area contributed by atoms with Crippen molar-refractivity contribution < 1.29 is 4.79 Å². The number of hydrogen-bond acceptors (Lipinski definition) is 2. The van der Waals surface area contributed by atoms with E-state index in [-0.39, 0.29) is 23.9 Å². The van der Waals surface area contributed by atoms with Crippen molar-refractivity contribution >= 4 is 21.8 Å². The third kappa shape index (κ3) is 3.16. The molecule has 0 saturated heterocycles. The van der Waals surface area contributed by atoms with Gasteiger partial charge in [0, 0.05) is 10.5 Å². The predicted octanol–water partition coefficient (Wildman–Crippen LogP) is 3.46. The Morgan fingerprint density at radius 3 is 2.86 bits per heavy atom. The van der Waals surface area contributed by atoms with E-state index in [4.69, 9.17) is 5.73 Å². The summed E-state index contributed by atoms with van der Waals surface area (Å²) in [7, 11) is 0. The molecular weight excluding hydrogens is 328 g/mol. The quantitative estimate of drug-likeness (QED) is 0.802. The van der Waals surface area contributed by atoms with Gasteiger partial charge in [-0.15, -0.1) is 0 Å². The molecule has 1 saturated carbocycles. The van der Waals surface area contributed by atoms with Crippen LogP contribution in [0, 0.1) is 5.92 Å². The molecule has 1 aromatic carbocycles. The fraction of sp³-hybridized carbons (Fsp3) is 0.588. The molecule has 114 valence electrons. The van der Waals surface area contributed by atoms with Gasteiger partial charge in [-0.1, -0.05) is 47.3 Å². The molecule has 0 aliphatic heterocycles. The summed E-state index contributed by atoms with van der Waals surface area (Å²) >= 11 is 3.60. The van der Waals surface area contributed by atoms with Crippen molar-refractivity contribution in [3.63, 3.8) is 0 Å². The molecular formula is C17H23BrN2O. The molecule has 0 radical (unpaired) electrons. The molecule has 0 heterocycles. The minimum atomic E-state index is -0.0105. The molecule has 1 fully saturated rings. The third-order valence-corrected chi connectivity index (χ3v) is 5.68. The largest absolute Gasteiger partial charge is 0.349 e. The summed E-state index contributed by atoms with van der Waals surface area (Å²) in [5, 5.41) is 3.25. The van der Waals surface area contributed by atoms with Gasteiger partial charge in [-0.05, 0) is 42.9 Å². The van der Waals surface area contributed by atoms with Crippen LogP contribution in [-0.4, -0.2) is 11.9 Å². The molecule has 0 aromatic heterocycles. The first-order valence-electron chi connectivity index (χ1n) is 8.00. The van der Waals surface area contributed by atoms with E-state index < -0.39 is 0 Å². The topological polar surface area (TPSA) is 55.1 Å². The number of rotatable bonds is 2. The monoisotopic (exact) mass is 350 g/mol. The van der Waals surface area contributed by atoms with E-state index in [0.717, 1.165) is 43.0 Å². The standard InChI is InChI=1S/C17H23BrN2O/c18-14-7-4-6-12-11(14)9-10-16(12)20-17(21)13-5-2-1-3-8-15(13)19/h4,6-7,13,15-16H,1-3,5,8-10,19H2,(H,20,21).